The molecule has 1 unspecified atom stereocenters. The van der Waals surface area contributed by atoms with Gasteiger partial charge in [-0.15, -0.1) is 11.3 Å². The second kappa shape index (κ2) is 11.0. The molecule has 2 aliphatic heterocycles. The summed E-state index contributed by atoms with van der Waals surface area (Å²) in [5.41, 5.74) is 2.12. The highest BCUT2D eigenvalue weighted by molar-refractivity contribution is 7.79. The maximum atomic E-state index is 12.0. The lowest BCUT2D eigenvalue weighted by molar-refractivity contribution is -0.138. The molecule has 0 radical (unpaired) electrons. The van der Waals surface area contributed by atoms with Gasteiger partial charge in [-0.25, -0.2) is 14.7 Å². The molecule has 1 amide bonds. The average molecular weight is 502 g/mol. The molecule has 1 aromatic carbocycles. The molecule has 8 nitrogen and oxygen atoms in total. The van der Waals surface area contributed by atoms with E-state index in [9.17, 15) is 13.6 Å². The number of nitrogens with zero attached hydrogens (tertiary/aromatic N) is 2. The van der Waals surface area contributed by atoms with E-state index in [1.54, 1.807) is 12.4 Å². The molecule has 34 heavy (non-hydrogen) atoms. The van der Waals surface area contributed by atoms with Crippen LogP contribution >= 0.6 is 11.3 Å². The Labute approximate surface area is 205 Å². The highest BCUT2D eigenvalue weighted by Crippen LogP contribution is 2.29. The first-order valence-corrected chi connectivity index (χ1v) is 13.2. The summed E-state index contributed by atoms with van der Waals surface area (Å²) >= 11 is -0.665. The monoisotopic (exact) mass is 501 g/mol. The topological polar surface area (TPSA) is 112 Å². The first-order valence-electron chi connectivity index (χ1n) is 11.1. The number of rotatable bonds is 8. The van der Waals surface area contributed by atoms with Crippen molar-refractivity contribution in [1.82, 2.24) is 15.4 Å². The zero-order chi connectivity index (χ0) is 24.1. The van der Waals surface area contributed by atoms with Crippen LogP contribution in [0.15, 0.2) is 18.2 Å². The van der Waals surface area contributed by atoms with E-state index in [-0.39, 0.29) is 12.2 Å². The van der Waals surface area contributed by atoms with Crippen LogP contribution in [0.2, 0.25) is 0 Å². The number of hydroxylamine groups is 1. The molecule has 10 heteroatoms. The molecule has 2 atom stereocenters. The number of aryl methyl sites for hydroxylation is 1. The van der Waals surface area contributed by atoms with Crippen LogP contribution in [0.1, 0.15) is 23.9 Å². The van der Waals surface area contributed by atoms with E-state index in [2.05, 4.69) is 33.6 Å². The van der Waals surface area contributed by atoms with Gasteiger partial charge in [0.25, 0.3) is 0 Å². The highest BCUT2D eigenvalue weighted by Gasteiger charge is 2.35. The van der Waals surface area contributed by atoms with Gasteiger partial charge in [0.2, 0.25) is 5.91 Å². The summed E-state index contributed by atoms with van der Waals surface area (Å²) in [4.78, 5) is 19.0. The molecule has 3 N–H and O–H groups in total. The predicted molar refractivity (Wildman–Crippen MR) is 131 cm³/mol. The van der Waals surface area contributed by atoms with Gasteiger partial charge in [0.1, 0.15) is 0 Å². The van der Waals surface area contributed by atoms with E-state index in [0.717, 1.165) is 53.6 Å². The minimum Gasteiger partial charge on any atom is -0.381 e. The quantitative estimate of drug-likeness (QED) is 0.219. The van der Waals surface area contributed by atoms with Gasteiger partial charge < -0.3 is 14.2 Å². The third kappa shape index (κ3) is 6.22. The van der Waals surface area contributed by atoms with Gasteiger partial charge in [0, 0.05) is 43.5 Å². The Balaban J connectivity index is 1.33. The molecule has 2 aromatic rings. The van der Waals surface area contributed by atoms with Gasteiger partial charge in [-0.3, -0.25) is 10.0 Å². The smallest absolute Gasteiger partial charge is 0.250 e. The van der Waals surface area contributed by atoms with Crippen LogP contribution in [0.3, 0.4) is 0 Å². The first-order chi connectivity index (χ1) is 16.3. The van der Waals surface area contributed by atoms with Gasteiger partial charge in [0.15, 0.2) is 11.1 Å². The standard InChI is InChI=1S/C24H27N3O5S2/c1-24(16-34(30)31,23(28)26-29)9-8-22-25-20-7-6-17(10-21(20)33-22)4-2-3-5-18-11-27(12-18)13-19-14-32-15-19/h6-7,10,18-19,29H,8-9,11-16H2,1H3,(H,26,28)(H,30,31)/t24-/m0/s1. The van der Waals surface area contributed by atoms with Crippen molar-refractivity contribution in [3.05, 3.63) is 28.8 Å². The number of benzene rings is 1. The van der Waals surface area contributed by atoms with Crippen molar-refractivity contribution >= 4 is 38.5 Å². The summed E-state index contributed by atoms with van der Waals surface area (Å²) in [5.74, 6) is 12.4. The fraction of sp³-hybridized carbons (Fsp3) is 0.500. The van der Waals surface area contributed by atoms with Crippen molar-refractivity contribution < 1.29 is 23.5 Å². The van der Waals surface area contributed by atoms with Crippen molar-refractivity contribution in [3.8, 4) is 23.7 Å². The SMILES string of the molecule is C[C@](CCc1nc2ccc(C#CC#CC3CN(CC4COC4)C3)cc2s1)(CS(=O)O)C(=O)NO. The highest BCUT2D eigenvalue weighted by atomic mass is 32.2. The lowest BCUT2D eigenvalue weighted by Gasteiger charge is -2.40. The van der Waals surface area contributed by atoms with Gasteiger partial charge in [-0.1, -0.05) is 11.8 Å². The molecule has 1 aromatic heterocycles. The second-order valence-corrected chi connectivity index (χ2v) is 11.1. The van der Waals surface area contributed by atoms with E-state index in [4.69, 9.17) is 9.94 Å². The number of thiazole rings is 1. The van der Waals surface area contributed by atoms with Crippen LogP contribution in [0.4, 0.5) is 0 Å². The van der Waals surface area contributed by atoms with Crippen molar-refractivity contribution in [3.63, 3.8) is 0 Å². The van der Waals surface area contributed by atoms with Gasteiger partial charge in [-0.05, 0) is 43.4 Å². The number of amides is 1. The summed E-state index contributed by atoms with van der Waals surface area (Å²) in [6.07, 6.45) is 0.722. The molecule has 2 aliphatic rings. The second-order valence-electron chi connectivity index (χ2n) is 9.10. The summed E-state index contributed by atoms with van der Waals surface area (Å²) in [6, 6.07) is 5.78. The van der Waals surface area contributed by atoms with Crippen LogP contribution in [-0.4, -0.2) is 68.4 Å². The zero-order valence-electron chi connectivity index (χ0n) is 18.9. The van der Waals surface area contributed by atoms with E-state index < -0.39 is 22.4 Å². The minimum absolute atomic E-state index is 0.264. The summed E-state index contributed by atoms with van der Waals surface area (Å²) in [5, 5.41) is 9.80. The molecule has 180 valence electrons. The third-order valence-corrected chi connectivity index (χ3v) is 8.10. The summed E-state index contributed by atoms with van der Waals surface area (Å²) in [7, 11) is 0. The number of hydrogen-bond acceptors (Lipinski definition) is 7. The molecule has 0 saturated carbocycles. The van der Waals surface area contributed by atoms with Crippen LogP contribution in [0.25, 0.3) is 10.2 Å². The zero-order valence-corrected chi connectivity index (χ0v) is 20.5. The molecule has 2 fully saturated rings. The number of carbonyl (C=O) groups is 1. The van der Waals surface area contributed by atoms with E-state index in [1.807, 2.05) is 18.2 Å². The van der Waals surface area contributed by atoms with Crippen molar-refractivity contribution in [1.29, 1.82) is 0 Å². The van der Waals surface area contributed by atoms with Gasteiger partial charge >= 0.3 is 0 Å². The minimum atomic E-state index is -2.16. The number of hydrogen-bond donors (Lipinski definition) is 3. The number of aromatic nitrogens is 1. The fourth-order valence-electron chi connectivity index (χ4n) is 4.01. The lowest BCUT2D eigenvalue weighted by atomic mass is 9.87. The molecular weight excluding hydrogens is 474 g/mol. The molecular formula is C24H27N3O5S2. The number of ether oxygens (including phenoxy) is 1. The van der Waals surface area contributed by atoms with Crippen LogP contribution in [-0.2, 0) is 27.0 Å². The fourth-order valence-corrected chi connectivity index (χ4v) is 5.83. The Morgan fingerprint density at radius 2 is 2.18 bits per heavy atom. The molecule has 2 saturated heterocycles. The molecule has 0 bridgehead atoms. The Bertz CT molecular complexity index is 1200. The molecule has 0 spiro atoms. The van der Waals surface area contributed by atoms with Crippen molar-refractivity contribution in [2.24, 2.45) is 17.3 Å². The Morgan fingerprint density at radius 3 is 2.85 bits per heavy atom. The maximum absolute atomic E-state index is 12.0. The number of fused-ring (bicyclic) bond motifs is 1. The van der Waals surface area contributed by atoms with E-state index >= 15 is 0 Å². The summed E-state index contributed by atoms with van der Waals surface area (Å²) < 4.78 is 26.7. The Morgan fingerprint density at radius 1 is 1.38 bits per heavy atom. The van der Waals surface area contributed by atoms with Crippen LogP contribution < -0.4 is 5.48 Å². The Hall–Kier alpha value is -2.31. The number of carbonyl (C=O) groups excluding carboxylic acids is 1. The molecule has 0 aliphatic carbocycles. The average Bonchev–Trinajstić information content (AvgIpc) is 3.15. The van der Waals surface area contributed by atoms with Gasteiger partial charge in [0.05, 0.1) is 39.6 Å². The molecule has 3 heterocycles. The van der Waals surface area contributed by atoms with E-state index in [1.165, 1.54) is 11.3 Å². The first kappa shape index (κ1) is 24.8. The lowest BCUT2D eigenvalue weighted by Crippen LogP contribution is -2.50. The van der Waals surface area contributed by atoms with Crippen LogP contribution in [0, 0.1) is 40.9 Å². The normalized spacial score (nSPS) is 19.0. The van der Waals surface area contributed by atoms with Crippen molar-refractivity contribution in [2.75, 3.05) is 38.6 Å². The Kier molecular flexibility index (Phi) is 7.99. The number of nitrogens with one attached hydrogen (secondary N) is 1. The van der Waals surface area contributed by atoms with E-state index in [0.29, 0.717) is 18.3 Å². The maximum Gasteiger partial charge on any atom is 0.250 e. The largest absolute Gasteiger partial charge is 0.381 e. The van der Waals surface area contributed by atoms with Gasteiger partial charge in [-0.2, -0.15) is 0 Å². The third-order valence-electron chi connectivity index (χ3n) is 6.14. The number of likely N-dealkylation sites (tertiary alicyclic amines) is 1. The predicted octanol–water partition coefficient (Wildman–Crippen LogP) is 1.90. The summed E-state index contributed by atoms with van der Waals surface area (Å²) in [6.45, 7) is 6.45. The van der Waals surface area contributed by atoms with Crippen LogP contribution in [0.5, 0.6) is 0 Å². The van der Waals surface area contributed by atoms with Crippen molar-refractivity contribution in [2.45, 2.75) is 19.8 Å². The molecule has 4 rings (SSSR count).